The quantitative estimate of drug-likeness (QED) is 0.896. The van der Waals surface area contributed by atoms with Crippen molar-refractivity contribution in [1.82, 2.24) is 5.32 Å². The Kier molecular flexibility index (Phi) is 4.38. The molecule has 1 aromatic rings. The van der Waals surface area contributed by atoms with E-state index in [0.29, 0.717) is 6.54 Å². The van der Waals surface area contributed by atoms with Gasteiger partial charge in [0.05, 0.1) is 12.0 Å². The predicted molar refractivity (Wildman–Crippen MR) is 75.9 cm³/mol. The lowest BCUT2D eigenvalue weighted by Gasteiger charge is -2.36. The van der Waals surface area contributed by atoms with E-state index in [9.17, 15) is 4.79 Å². The van der Waals surface area contributed by atoms with Gasteiger partial charge >= 0.3 is 0 Å². The van der Waals surface area contributed by atoms with Crippen molar-refractivity contribution in [3.05, 3.63) is 20.8 Å². The third-order valence-electron chi connectivity index (χ3n) is 3.22. The maximum absolute atomic E-state index is 12.1. The average Bonchev–Trinajstić information content (AvgIpc) is 2.58. The molecule has 3 nitrogen and oxygen atoms in total. The Morgan fingerprint density at radius 1 is 1.47 bits per heavy atom. The van der Waals surface area contributed by atoms with Gasteiger partial charge in [-0.2, -0.15) is 0 Å². The zero-order valence-corrected chi connectivity index (χ0v) is 13.0. The van der Waals surface area contributed by atoms with Gasteiger partial charge in [0.15, 0.2) is 0 Å². The van der Waals surface area contributed by atoms with Crippen LogP contribution in [0.2, 0.25) is 0 Å². The van der Waals surface area contributed by atoms with Crippen LogP contribution in [0.25, 0.3) is 0 Å². The molecule has 0 saturated carbocycles. The molecule has 3 N–H and O–H groups in total. The molecule has 0 atom stereocenters. The van der Waals surface area contributed by atoms with Crippen LogP contribution >= 0.6 is 27.3 Å². The van der Waals surface area contributed by atoms with Crippen LogP contribution in [-0.4, -0.2) is 11.4 Å². The fourth-order valence-corrected chi connectivity index (χ4v) is 2.52. The molecule has 0 aromatic carbocycles. The van der Waals surface area contributed by atoms with Crippen LogP contribution in [0.15, 0.2) is 15.9 Å². The lowest BCUT2D eigenvalue weighted by Crippen LogP contribution is -2.55. The van der Waals surface area contributed by atoms with E-state index in [1.807, 2.05) is 39.1 Å². The molecule has 0 radical (unpaired) electrons. The molecule has 1 aromatic heterocycles. The molecule has 0 fully saturated rings. The molecule has 5 heteroatoms. The summed E-state index contributed by atoms with van der Waals surface area (Å²) in [6.07, 6.45) is 0. The second-order valence-corrected chi connectivity index (χ2v) is 7.17. The van der Waals surface area contributed by atoms with Crippen LogP contribution in [0.4, 0.5) is 0 Å². The summed E-state index contributed by atoms with van der Waals surface area (Å²) in [6.45, 7) is 8.02. The zero-order valence-electron chi connectivity index (χ0n) is 10.6. The molecule has 96 valence electrons. The minimum absolute atomic E-state index is 0.0190. The Labute approximate surface area is 115 Å². The monoisotopic (exact) mass is 318 g/mol. The normalized spacial score (nSPS) is 12.6. The molecule has 0 aliphatic heterocycles. The third kappa shape index (κ3) is 3.53. The van der Waals surface area contributed by atoms with Gasteiger partial charge in [-0.3, -0.25) is 4.79 Å². The average molecular weight is 319 g/mol. The van der Waals surface area contributed by atoms with E-state index in [1.54, 1.807) is 11.3 Å². The number of nitrogens with two attached hydrogens (primary N) is 1. The fourth-order valence-electron chi connectivity index (χ4n) is 1.13. The number of thiophene rings is 1. The minimum atomic E-state index is -0.596. The van der Waals surface area contributed by atoms with Gasteiger partial charge in [-0.15, -0.1) is 11.3 Å². The molecule has 0 saturated heterocycles. The van der Waals surface area contributed by atoms with E-state index >= 15 is 0 Å². The van der Waals surface area contributed by atoms with E-state index in [2.05, 4.69) is 21.2 Å². The number of carbonyl (C=O) groups excluding carboxylic acids is 1. The second kappa shape index (κ2) is 5.08. The Hall–Kier alpha value is -0.390. The molecule has 0 spiro atoms. The Morgan fingerprint density at radius 2 is 2.06 bits per heavy atom. The molecular weight excluding hydrogens is 300 g/mol. The van der Waals surface area contributed by atoms with Gasteiger partial charge in [-0.25, -0.2) is 0 Å². The van der Waals surface area contributed by atoms with Crippen LogP contribution in [-0.2, 0) is 11.3 Å². The predicted octanol–water partition coefficient (Wildman–Crippen LogP) is 2.89. The highest BCUT2D eigenvalue weighted by molar-refractivity contribution is 9.10. The van der Waals surface area contributed by atoms with Crippen molar-refractivity contribution < 1.29 is 4.79 Å². The van der Waals surface area contributed by atoms with Gasteiger partial charge in [-0.1, -0.05) is 0 Å². The van der Waals surface area contributed by atoms with Crippen LogP contribution < -0.4 is 11.1 Å². The summed E-state index contributed by atoms with van der Waals surface area (Å²) in [5, 5.41) is 4.93. The molecular formula is C12H19BrN2OS. The van der Waals surface area contributed by atoms with Crippen molar-refractivity contribution in [3.63, 3.8) is 0 Å². The van der Waals surface area contributed by atoms with Gasteiger partial charge in [0.2, 0.25) is 5.91 Å². The summed E-state index contributed by atoms with van der Waals surface area (Å²) in [5.41, 5.74) is 4.88. The molecule has 0 aliphatic carbocycles. The van der Waals surface area contributed by atoms with Crippen molar-refractivity contribution in [2.24, 2.45) is 11.1 Å². The fraction of sp³-hybridized carbons (Fsp3) is 0.583. The first kappa shape index (κ1) is 14.7. The number of carbonyl (C=O) groups is 1. The van der Waals surface area contributed by atoms with Crippen LogP contribution in [0.3, 0.4) is 0 Å². The van der Waals surface area contributed by atoms with Crippen LogP contribution in [0, 0.1) is 5.41 Å². The van der Waals surface area contributed by atoms with Crippen molar-refractivity contribution in [3.8, 4) is 0 Å². The SMILES string of the molecule is CC(C)(N)C(C)(C)C(=O)NCc1cc(Br)cs1. The van der Waals surface area contributed by atoms with Gasteiger partial charge in [0.25, 0.3) is 0 Å². The van der Waals surface area contributed by atoms with E-state index in [0.717, 1.165) is 9.35 Å². The van der Waals surface area contributed by atoms with E-state index in [-0.39, 0.29) is 5.91 Å². The molecule has 0 aliphatic rings. The number of rotatable bonds is 4. The van der Waals surface area contributed by atoms with E-state index < -0.39 is 11.0 Å². The Balaban J connectivity index is 2.61. The first-order chi connectivity index (χ1) is 7.64. The Morgan fingerprint density at radius 3 is 2.47 bits per heavy atom. The lowest BCUT2D eigenvalue weighted by molar-refractivity contribution is -0.132. The molecule has 17 heavy (non-hydrogen) atoms. The molecule has 0 bridgehead atoms. The molecule has 0 unspecified atom stereocenters. The largest absolute Gasteiger partial charge is 0.351 e. The maximum atomic E-state index is 12.1. The maximum Gasteiger partial charge on any atom is 0.227 e. The summed E-state index contributed by atoms with van der Waals surface area (Å²) in [7, 11) is 0. The first-order valence-corrected chi connectivity index (χ1v) is 7.12. The topological polar surface area (TPSA) is 55.1 Å². The van der Waals surface area contributed by atoms with Crippen molar-refractivity contribution in [2.45, 2.75) is 39.8 Å². The zero-order chi connectivity index (χ0) is 13.3. The van der Waals surface area contributed by atoms with Gasteiger partial charge in [0.1, 0.15) is 0 Å². The van der Waals surface area contributed by atoms with E-state index in [4.69, 9.17) is 5.73 Å². The standard InChI is InChI=1S/C12H19BrN2OS/c1-11(2,12(3,4)14)10(16)15-6-9-5-8(13)7-17-9/h5,7H,6,14H2,1-4H3,(H,15,16). The van der Waals surface area contributed by atoms with Crippen molar-refractivity contribution >= 4 is 33.2 Å². The summed E-state index contributed by atoms with van der Waals surface area (Å²) >= 11 is 5.00. The number of hydrogen-bond donors (Lipinski definition) is 2. The van der Waals surface area contributed by atoms with Crippen LogP contribution in [0.1, 0.15) is 32.6 Å². The summed E-state index contributed by atoms with van der Waals surface area (Å²) in [5.74, 6) is -0.0190. The van der Waals surface area contributed by atoms with Gasteiger partial charge in [-0.05, 0) is 49.7 Å². The number of halogens is 1. The summed E-state index contributed by atoms with van der Waals surface area (Å²) in [4.78, 5) is 13.2. The van der Waals surface area contributed by atoms with Crippen LogP contribution in [0.5, 0.6) is 0 Å². The first-order valence-electron chi connectivity index (χ1n) is 5.44. The lowest BCUT2D eigenvalue weighted by atomic mass is 9.74. The smallest absolute Gasteiger partial charge is 0.227 e. The highest BCUT2D eigenvalue weighted by Crippen LogP contribution is 2.28. The summed E-state index contributed by atoms with van der Waals surface area (Å²) < 4.78 is 1.05. The second-order valence-electron chi connectivity index (χ2n) is 5.26. The molecule has 1 heterocycles. The Bertz CT molecular complexity index is 407. The highest BCUT2D eigenvalue weighted by Gasteiger charge is 2.40. The highest BCUT2D eigenvalue weighted by atomic mass is 79.9. The number of hydrogen-bond acceptors (Lipinski definition) is 3. The minimum Gasteiger partial charge on any atom is -0.351 e. The summed E-state index contributed by atoms with van der Waals surface area (Å²) in [6, 6.07) is 2.01. The van der Waals surface area contributed by atoms with Gasteiger partial charge in [0, 0.05) is 20.3 Å². The van der Waals surface area contributed by atoms with Crippen molar-refractivity contribution in [2.75, 3.05) is 0 Å². The number of nitrogens with one attached hydrogen (secondary N) is 1. The number of amides is 1. The van der Waals surface area contributed by atoms with E-state index in [1.165, 1.54) is 0 Å². The third-order valence-corrected chi connectivity index (χ3v) is 4.92. The van der Waals surface area contributed by atoms with Gasteiger partial charge < -0.3 is 11.1 Å². The molecule has 1 rings (SSSR count). The molecule has 1 amide bonds. The van der Waals surface area contributed by atoms with Crippen molar-refractivity contribution in [1.29, 1.82) is 0 Å².